The highest BCUT2D eigenvalue weighted by molar-refractivity contribution is 5.89. The number of carbonyl (C=O) groups is 1. The van der Waals surface area contributed by atoms with Crippen molar-refractivity contribution >= 4 is 5.78 Å². The molecular weight excluding hydrogens is 333 g/mol. The van der Waals surface area contributed by atoms with E-state index < -0.39 is 23.4 Å². The number of nitrogens with zero attached hydrogens (tertiary/aromatic N) is 2. The number of alkyl halides is 3. The maximum Gasteiger partial charge on any atom is 0.417 e. The van der Waals surface area contributed by atoms with Crippen molar-refractivity contribution in [2.45, 2.75) is 25.4 Å². The lowest BCUT2D eigenvalue weighted by Gasteiger charge is -2.12. The molecule has 7 heteroatoms. The normalized spacial score (nSPS) is 12.3. The molecule has 1 aromatic heterocycles. The van der Waals surface area contributed by atoms with Crippen molar-refractivity contribution in [3.05, 3.63) is 59.4 Å². The van der Waals surface area contributed by atoms with E-state index in [9.17, 15) is 23.2 Å². The zero-order chi connectivity index (χ0) is 18.4. The summed E-state index contributed by atoms with van der Waals surface area (Å²) < 4.78 is 43.1. The van der Waals surface area contributed by atoms with Crippen LogP contribution in [0.5, 0.6) is 5.75 Å². The van der Waals surface area contributed by atoms with E-state index in [1.165, 1.54) is 0 Å². The zero-order valence-corrected chi connectivity index (χ0v) is 13.4. The van der Waals surface area contributed by atoms with Crippen LogP contribution in [0.2, 0.25) is 0 Å². The average molecular weight is 348 g/mol. The number of halogens is 3. The highest BCUT2D eigenvalue weighted by Crippen LogP contribution is 2.29. The van der Waals surface area contributed by atoms with Crippen molar-refractivity contribution < 1.29 is 22.7 Å². The Morgan fingerprint density at radius 1 is 1.28 bits per heavy atom. The molecule has 1 aromatic carbocycles. The summed E-state index contributed by atoms with van der Waals surface area (Å²) in [4.78, 5) is 15.8. The van der Waals surface area contributed by atoms with Crippen LogP contribution >= 0.6 is 0 Å². The molecule has 4 nitrogen and oxygen atoms in total. The first-order valence-corrected chi connectivity index (χ1v) is 7.53. The van der Waals surface area contributed by atoms with Gasteiger partial charge in [0.2, 0.25) is 0 Å². The second-order valence-corrected chi connectivity index (χ2v) is 5.25. The van der Waals surface area contributed by atoms with E-state index in [1.54, 1.807) is 18.2 Å². The minimum Gasteiger partial charge on any atom is -0.485 e. The van der Waals surface area contributed by atoms with Crippen molar-refractivity contribution in [2.24, 2.45) is 0 Å². The summed E-state index contributed by atoms with van der Waals surface area (Å²) in [6, 6.07) is 10.8. The molecule has 0 N–H and O–H groups in total. The first-order chi connectivity index (χ1) is 11.9. The van der Waals surface area contributed by atoms with Crippen LogP contribution in [0, 0.1) is 11.3 Å². The van der Waals surface area contributed by atoms with Gasteiger partial charge in [0.05, 0.1) is 17.3 Å². The Morgan fingerprint density at radius 3 is 2.56 bits per heavy atom. The summed E-state index contributed by atoms with van der Waals surface area (Å²) in [7, 11) is 0. The number of nitriles is 1. The van der Waals surface area contributed by atoms with Crippen LogP contribution in [0.25, 0.3) is 0 Å². The molecular formula is C18H15F3N2O2. The van der Waals surface area contributed by atoms with Crippen molar-refractivity contribution in [2.75, 3.05) is 6.61 Å². The Bertz CT molecular complexity index is 780. The fourth-order valence-electron chi connectivity index (χ4n) is 2.22. The Balaban J connectivity index is 2.10. The van der Waals surface area contributed by atoms with E-state index in [0.717, 1.165) is 17.7 Å². The maximum absolute atomic E-state index is 12.5. The number of para-hydroxylation sites is 1. The molecule has 0 saturated carbocycles. The highest BCUT2D eigenvalue weighted by Gasteiger charge is 2.31. The Labute approximate surface area is 142 Å². The summed E-state index contributed by atoms with van der Waals surface area (Å²) in [5, 5.41) is 9.19. The van der Waals surface area contributed by atoms with E-state index >= 15 is 0 Å². The lowest BCUT2D eigenvalue weighted by molar-refractivity contribution is -0.137. The van der Waals surface area contributed by atoms with Crippen molar-refractivity contribution in [1.82, 2.24) is 4.98 Å². The van der Waals surface area contributed by atoms with E-state index in [4.69, 9.17) is 4.74 Å². The molecule has 0 spiro atoms. The number of hydrogen-bond donors (Lipinski definition) is 0. The Kier molecular flexibility index (Phi) is 5.75. The predicted molar refractivity (Wildman–Crippen MR) is 83.9 cm³/mol. The lowest BCUT2D eigenvalue weighted by Crippen LogP contribution is -2.20. The summed E-state index contributed by atoms with van der Waals surface area (Å²) >= 11 is 0. The molecule has 25 heavy (non-hydrogen) atoms. The second kappa shape index (κ2) is 7.79. The largest absolute Gasteiger partial charge is 0.485 e. The molecule has 0 saturated heterocycles. The van der Waals surface area contributed by atoms with Gasteiger partial charge >= 0.3 is 6.18 Å². The monoisotopic (exact) mass is 348 g/mol. The summed E-state index contributed by atoms with van der Waals surface area (Å²) in [5.74, 6) is -1.31. The van der Waals surface area contributed by atoms with E-state index in [-0.39, 0.29) is 12.3 Å². The molecule has 0 bridgehead atoms. The van der Waals surface area contributed by atoms with Crippen molar-refractivity contribution in [3.8, 4) is 11.8 Å². The lowest BCUT2D eigenvalue weighted by atomic mass is 10.0. The van der Waals surface area contributed by atoms with Gasteiger partial charge in [0.1, 0.15) is 12.4 Å². The van der Waals surface area contributed by atoms with Gasteiger partial charge in [0, 0.05) is 6.20 Å². The molecule has 1 atom stereocenters. The fraction of sp³-hybridized carbons (Fsp3) is 0.278. The van der Waals surface area contributed by atoms with Gasteiger partial charge in [-0.3, -0.25) is 9.78 Å². The molecule has 130 valence electrons. The van der Waals surface area contributed by atoms with Crippen LogP contribution in [0.1, 0.15) is 29.7 Å². The first kappa shape index (κ1) is 18.5. The average Bonchev–Trinajstić information content (AvgIpc) is 2.60. The zero-order valence-electron chi connectivity index (χ0n) is 13.4. The molecule has 0 fully saturated rings. The summed E-state index contributed by atoms with van der Waals surface area (Å²) in [5.41, 5.74) is -0.0575. The minimum absolute atomic E-state index is 0.0344. The highest BCUT2D eigenvalue weighted by atomic mass is 19.4. The third kappa shape index (κ3) is 4.57. The quantitative estimate of drug-likeness (QED) is 0.794. The van der Waals surface area contributed by atoms with Gasteiger partial charge in [0.25, 0.3) is 0 Å². The van der Waals surface area contributed by atoms with E-state index in [1.807, 2.05) is 19.1 Å². The van der Waals surface area contributed by atoms with Gasteiger partial charge in [-0.1, -0.05) is 25.1 Å². The maximum atomic E-state index is 12.5. The number of carbonyl (C=O) groups excluding carboxylic acids is 1. The van der Waals surface area contributed by atoms with Gasteiger partial charge in [-0.2, -0.15) is 18.4 Å². The molecule has 0 unspecified atom stereocenters. The number of rotatable bonds is 6. The number of hydrogen-bond acceptors (Lipinski definition) is 4. The molecule has 2 rings (SSSR count). The summed E-state index contributed by atoms with van der Waals surface area (Å²) in [6.07, 6.45) is -3.20. The first-order valence-electron chi connectivity index (χ1n) is 7.53. The number of ketones is 1. The van der Waals surface area contributed by atoms with Crippen LogP contribution in [0.4, 0.5) is 13.2 Å². The smallest absolute Gasteiger partial charge is 0.417 e. The molecule has 0 aliphatic carbocycles. The molecule has 0 aliphatic heterocycles. The number of Topliss-reactive ketones (excluding diaryl/α,β-unsaturated/α-hetero) is 1. The molecule has 2 aromatic rings. The third-order valence-corrected chi connectivity index (χ3v) is 3.58. The predicted octanol–water partition coefficient (Wildman–Crippen LogP) is 3.92. The molecule has 0 radical (unpaired) electrons. The van der Waals surface area contributed by atoms with Crippen LogP contribution in [-0.2, 0) is 17.4 Å². The molecule has 1 heterocycles. The number of benzene rings is 1. The van der Waals surface area contributed by atoms with Gasteiger partial charge in [-0.25, -0.2) is 0 Å². The van der Waals surface area contributed by atoms with E-state index in [0.29, 0.717) is 18.4 Å². The number of aromatic nitrogens is 1. The summed E-state index contributed by atoms with van der Waals surface area (Å²) in [6.45, 7) is 1.58. The van der Waals surface area contributed by atoms with Crippen LogP contribution in [0.3, 0.4) is 0 Å². The molecule has 0 amide bonds. The SMILES string of the molecule is CCc1ccccc1OCC(=O)[C@@H](C#N)c1ccc(C(F)(F)F)cn1. The Morgan fingerprint density at radius 2 is 2.00 bits per heavy atom. The van der Waals surface area contributed by atoms with Gasteiger partial charge in [-0.15, -0.1) is 0 Å². The number of pyridine rings is 1. The van der Waals surface area contributed by atoms with Gasteiger partial charge in [-0.05, 0) is 30.2 Å². The van der Waals surface area contributed by atoms with Crippen LogP contribution in [0.15, 0.2) is 42.6 Å². The van der Waals surface area contributed by atoms with Crippen LogP contribution in [-0.4, -0.2) is 17.4 Å². The van der Waals surface area contributed by atoms with Crippen molar-refractivity contribution in [1.29, 1.82) is 5.26 Å². The van der Waals surface area contributed by atoms with Crippen molar-refractivity contribution in [3.63, 3.8) is 0 Å². The Hall–Kier alpha value is -2.88. The standard InChI is InChI=1S/C18H15F3N2O2/c1-2-12-5-3-4-6-17(12)25-11-16(24)14(9-22)15-8-7-13(10-23-15)18(19,20)21/h3-8,10,14H,2,11H2,1H3/t14-/m0/s1. The van der Waals surface area contributed by atoms with Crippen LogP contribution < -0.4 is 4.74 Å². The molecule has 0 aliphatic rings. The topological polar surface area (TPSA) is 63.0 Å². The van der Waals surface area contributed by atoms with Gasteiger partial charge in [0.15, 0.2) is 11.7 Å². The fourth-order valence-corrected chi connectivity index (χ4v) is 2.22. The van der Waals surface area contributed by atoms with Gasteiger partial charge < -0.3 is 4.74 Å². The third-order valence-electron chi connectivity index (χ3n) is 3.58. The van der Waals surface area contributed by atoms with E-state index in [2.05, 4.69) is 4.98 Å². The second-order valence-electron chi connectivity index (χ2n) is 5.25. The minimum atomic E-state index is -4.52. The number of aryl methyl sites for hydroxylation is 1. The number of ether oxygens (including phenoxy) is 1.